The number of unbranched alkanes of at least 4 members (excludes halogenated alkanes) is 1. The van der Waals surface area contributed by atoms with Crippen LogP contribution < -0.4 is 14.8 Å². The summed E-state index contributed by atoms with van der Waals surface area (Å²) in [5, 5.41) is 3.04. The Bertz CT molecular complexity index is 869. The first-order chi connectivity index (χ1) is 14.6. The fraction of sp³-hybridized carbons (Fsp3) is 0.417. The van der Waals surface area contributed by atoms with Gasteiger partial charge in [0.1, 0.15) is 11.5 Å². The van der Waals surface area contributed by atoms with Crippen LogP contribution in [-0.4, -0.2) is 50.6 Å². The SMILES string of the molecule is CCCCNC(=O)[C@@H]1CN(C(=O)c2ccccc2)C[C@@H]1c1cc(OC)ccc1OC. The van der Waals surface area contributed by atoms with Gasteiger partial charge in [-0.2, -0.15) is 0 Å². The Hall–Kier alpha value is -3.02. The van der Waals surface area contributed by atoms with Crippen molar-refractivity contribution in [3.8, 4) is 11.5 Å². The highest BCUT2D eigenvalue weighted by molar-refractivity contribution is 5.95. The molecule has 1 aliphatic rings. The summed E-state index contributed by atoms with van der Waals surface area (Å²) in [5.74, 6) is 0.776. The zero-order valence-electron chi connectivity index (χ0n) is 17.9. The summed E-state index contributed by atoms with van der Waals surface area (Å²) in [6, 6.07) is 14.8. The molecule has 2 aromatic rings. The zero-order chi connectivity index (χ0) is 21.5. The van der Waals surface area contributed by atoms with Crippen LogP contribution in [-0.2, 0) is 4.79 Å². The molecule has 30 heavy (non-hydrogen) atoms. The molecule has 2 amide bonds. The highest BCUT2D eigenvalue weighted by atomic mass is 16.5. The molecule has 6 heteroatoms. The van der Waals surface area contributed by atoms with E-state index in [0.717, 1.165) is 18.4 Å². The fourth-order valence-corrected chi connectivity index (χ4v) is 3.96. The number of ether oxygens (including phenoxy) is 2. The van der Waals surface area contributed by atoms with E-state index >= 15 is 0 Å². The van der Waals surface area contributed by atoms with E-state index in [1.54, 1.807) is 31.3 Å². The van der Waals surface area contributed by atoms with E-state index in [4.69, 9.17) is 9.47 Å². The molecule has 1 N–H and O–H groups in total. The first-order valence-electron chi connectivity index (χ1n) is 10.4. The second-order valence-corrected chi connectivity index (χ2v) is 7.54. The van der Waals surface area contributed by atoms with E-state index < -0.39 is 0 Å². The van der Waals surface area contributed by atoms with E-state index in [1.807, 2.05) is 36.4 Å². The van der Waals surface area contributed by atoms with Crippen LogP contribution in [0.1, 0.15) is 41.6 Å². The van der Waals surface area contributed by atoms with Gasteiger partial charge in [-0.15, -0.1) is 0 Å². The van der Waals surface area contributed by atoms with Gasteiger partial charge < -0.3 is 19.7 Å². The van der Waals surface area contributed by atoms with Crippen LogP contribution in [0.5, 0.6) is 11.5 Å². The lowest BCUT2D eigenvalue weighted by Crippen LogP contribution is -2.36. The van der Waals surface area contributed by atoms with Gasteiger partial charge in [0.25, 0.3) is 5.91 Å². The Morgan fingerprint density at radius 3 is 2.50 bits per heavy atom. The standard InChI is InChI=1S/C24H30N2O4/c1-4-5-13-25-23(27)21-16-26(24(28)17-9-7-6-8-10-17)15-20(21)19-14-18(29-2)11-12-22(19)30-3/h6-12,14,20-21H,4-5,13,15-16H2,1-3H3,(H,25,27)/t20-,21-/m1/s1. The molecule has 0 unspecified atom stereocenters. The van der Waals surface area contributed by atoms with Crippen LogP contribution in [0.2, 0.25) is 0 Å². The number of amides is 2. The van der Waals surface area contributed by atoms with Gasteiger partial charge in [-0.05, 0) is 36.8 Å². The maximum absolute atomic E-state index is 13.1. The number of carbonyl (C=O) groups excluding carboxylic acids is 2. The second-order valence-electron chi connectivity index (χ2n) is 7.54. The van der Waals surface area contributed by atoms with Gasteiger partial charge in [0.2, 0.25) is 5.91 Å². The molecule has 1 heterocycles. The number of methoxy groups -OCH3 is 2. The molecular formula is C24H30N2O4. The third-order valence-electron chi connectivity index (χ3n) is 5.63. The van der Waals surface area contributed by atoms with Crippen molar-refractivity contribution >= 4 is 11.8 Å². The lowest BCUT2D eigenvalue weighted by molar-refractivity contribution is -0.124. The number of hydrogen-bond acceptors (Lipinski definition) is 4. The summed E-state index contributed by atoms with van der Waals surface area (Å²) in [6.07, 6.45) is 1.94. The Kier molecular flexibility index (Phi) is 7.33. The van der Waals surface area contributed by atoms with Crippen molar-refractivity contribution in [2.75, 3.05) is 33.9 Å². The molecule has 1 fully saturated rings. The molecule has 160 valence electrons. The van der Waals surface area contributed by atoms with Crippen molar-refractivity contribution < 1.29 is 19.1 Å². The molecule has 2 atom stereocenters. The molecule has 2 aromatic carbocycles. The number of nitrogens with zero attached hydrogens (tertiary/aromatic N) is 1. The Morgan fingerprint density at radius 1 is 1.07 bits per heavy atom. The van der Waals surface area contributed by atoms with Crippen molar-refractivity contribution in [2.24, 2.45) is 5.92 Å². The summed E-state index contributed by atoms with van der Waals surface area (Å²) in [5.41, 5.74) is 1.51. The average Bonchev–Trinajstić information content (AvgIpc) is 3.24. The van der Waals surface area contributed by atoms with Gasteiger partial charge in [-0.1, -0.05) is 31.5 Å². The monoisotopic (exact) mass is 410 g/mol. The van der Waals surface area contributed by atoms with Crippen molar-refractivity contribution in [3.05, 3.63) is 59.7 Å². The molecular weight excluding hydrogens is 380 g/mol. The van der Waals surface area contributed by atoms with Gasteiger partial charge in [0, 0.05) is 36.7 Å². The normalized spacial score (nSPS) is 18.2. The minimum atomic E-state index is -0.351. The number of benzene rings is 2. The molecule has 0 saturated carbocycles. The maximum Gasteiger partial charge on any atom is 0.253 e. The van der Waals surface area contributed by atoms with E-state index in [2.05, 4.69) is 12.2 Å². The number of nitrogens with one attached hydrogen (secondary N) is 1. The topological polar surface area (TPSA) is 67.9 Å². The van der Waals surface area contributed by atoms with Gasteiger partial charge in [-0.3, -0.25) is 9.59 Å². The van der Waals surface area contributed by atoms with Crippen molar-refractivity contribution in [2.45, 2.75) is 25.7 Å². The lowest BCUT2D eigenvalue weighted by atomic mass is 9.87. The smallest absolute Gasteiger partial charge is 0.253 e. The fourth-order valence-electron chi connectivity index (χ4n) is 3.96. The molecule has 0 aliphatic carbocycles. The minimum Gasteiger partial charge on any atom is -0.497 e. The maximum atomic E-state index is 13.1. The third-order valence-corrected chi connectivity index (χ3v) is 5.63. The molecule has 0 aromatic heterocycles. The quantitative estimate of drug-likeness (QED) is 0.677. The molecule has 1 aliphatic heterocycles. The molecule has 6 nitrogen and oxygen atoms in total. The van der Waals surface area contributed by atoms with Gasteiger partial charge in [0.15, 0.2) is 0 Å². The number of likely N-dealkylation sites (tertiary alicyclic amines) is 1. The van der Waals surface area contributed by atoms with Crippen LogP contribution in [0.25, 0.3) is 0 Å². The van der Waals surface area contributed by atoms with Crippen LogP contribution in [0.15, 0.2) is 48.5 Å². The first kappa shape index (κ1) is 21.7. The molecule has 0 spiro atoms. The Labute approximate surface area is 178 Å². The lowest BCUT2D eigenvalue weighted by Gasteiger charge is -2.21. The molecule has 0 bridgehead atoms. The van der Waals surface area contributed by atoms with Crippen molar-refractivity contribution in [1.29, 1.82) is 0 Å². The van der Waals surface area contributed by atoms with Crippen molar-refractivity contribution in [3.63, 3.8) is 0 Å². The Balaban J connectivity index is 1.91. The zero-order valence-corrected chi connectivity index (χ0v) is 17.9. The van der Waals surface area contributed by atoms with Crippen LogP contribution >= 0.6 is 0 Å². The highest BCUT2D eigenvalue weighted by Crippen LogP contribution is 2.40. The van der Waals surface area contributed by atoms with Gasteiger partial charge in [-0.25, -0.2) is 0 Å². The average molecular weight is 411 g/mol. The van der Waals surface area contributed by atoms with Crippen molar-refractivity contribution in [1.82, 2.24) is 10.2 Å². The molecule has 1 saturated heterocycles. The summed E-state index contributed by atoms with van der Waals surface area (Å²) in [7, 11) is 3.23. The largest absolute Gasteiger partial charge is 0.497 e. The number of hydrogen-bond donors (Lipinski definition) is 1. The first-order valence-corrected chi connectivity index (χ1v) is 10.4. The van der Waals surface area contributed by atoms with Crippen LogP contribution in [0, 0.1) is 5.92 Å². The minimum absolute atomic E-state index is 0.0262. The number of carbonyl (C=O) groups is 2. The second kappa shape index (κ2) is 10.1. The molecule has 0 radical (unpaired) electrons. The van der Waals surface area contributed by atoms with Crippen LogP contribution in [0.3, 0.4) is 0 Å². The number of rotatable bonds is 8. The van der Waals surface area contributed by atoms with Gasteiger partial charge >= 0.3 is 0 Å². The van der Waals surface area contributed by atoms with E-state index in [-0.39, 0.29) is 23.7 Å². The predicted molar refractivity (Wildman–Crippen MR) is 116 cm³/mol. The highest BCUT2D eigenvalue weighted by Gasteiger charge is 2.41. The van der Waals surface area contributed by atoms with Gasteiger partial charge in [0.05, 0.1) is 20.1 Å². The summed E-state index contributed by atoms with van der Waals surface area (Å²) < 4.78 is 11.0. The predicted octanol–water partition coefficient (Wildman–Crippen LogP) is 3.48. The summed E-state index contributed by atoms with van der Waals surface area (Å²) in [6.45, 7) is 3.55. The van der Waals surface area contributed by atoms with E-state index in [9.17, 15) is 9.59 Å². The van der Waals surface area contributed by atoms with E-state index in [1.165, 1.54) is 0 Å². The summed E-state index contributed by atoms with van der Waals surface area (Å²) in [4.78, 5) is 27.9. The van der Waals surface area contributed by atoms with Crippen LogP contribution in [0.4, 0.5) is 0 Å². The third kappa shape index (κ3) is 4.75. The molecule has 3 rings (SSSR count). The van der Waals surface area contributed by atoms with E-state index in [0.29, 0.717) is 36.7 Å². The Morgan fingerprint density at radius 2 is 1.83 bits per heavy atom. The summed E-state index contributed by atoms with van der Waals surface area (Å²) >= 11 is 0.